The summed E-state index contributed by atoms with van der Waals surface area (Å²) in [6.07, 6.45) is 3.06. The van der Waals surface area contributed by atoms with Crippen LogP contribution >= 0.6 is 15.9 Å². The Hall–Kier alpha value is -0.440. The van der Waals surface area contributed by atoms with Crippen LogP contribution in [-0.4, -0.2) is 4.83 Å². The summed E-state index contributed by atoms with van der Waals surface area (Å²) in [5.74, 6) is -1.23. The molecule has 0 aromatic heterocycles. The van der Waals surface area contributed by atoms with E-state index in [1.807, 2.05) is 0 Å². The van der Waals surface area contributed by atoms with Gasteiger partial charge in [0, 0.05) is 4.83 Å². The first-order valence-electron chi connectivity index (χ1n) is 5.20. The summed E-state index contributed by atoms with van der Waals surface area (Å²) in [4.78, 5) is 0.286. The van der Waals surface area contributed by atoms with Gasteiger partial charge in [-0.05, 0) is 36.8 Å². The van der Waals surface area contributed by atoms with Crippen molar-refractivity contribution >= 4 is 15.9 Å². The first-order valence-corrected chi connectivity index (χ1v) is 6.11. The average molecular weight is 275 g/mol. The molecule has 0 N–H and O–H groups in total. The summed E-state index contributed by atoms with van der Waals surface area (Å²) in [5.41, 5.74) is 0.901. The molecule has 1 aromatic carbocycles. The van der Waals surface area contributed by atoms with Gasteiger partial charge in [0.15, 0.2) is 11.6 Å². The Balaban J connectivity index is 2.40. The van der Waals surface area contributed by atoms with Crippen LogP contribution in [0.2, 0.25) is 0 Å². The summed E-state index contributed by atoms with van der Waals surface area (Å²) in [6, 6.07) is 3.38. The van der Waals surface area contributed by atoms with Gasteiger partial charge >= 0.3 is 0 Å². The van der Waals surface area contributed by atoms with Crippen molar-refractivity contribution in [1.82, 2.24) is 0 Å². The van der Waals surface area contributed by atoms with E-state index < -0.39 is 11.6 Å². The molecule has 0 heterocycles. The monoisotopic (exact) mass is 274 g/mol. The molecule has 1 aliphatic rings. The standard InChI is InChI=1S/C12H13BrF2/c1-7-5-6-9(12(15)11(7)14)8-3-2-4-10(8)13/h5-6,8,10H,2-4H2,1H3. The van der Waals surface area contributed by atoms with E-state index >= 15 is 0 Å². The van der Waals surface area contributed by atoms with E-state index in [0.29, 0.717) is 11.1 Å². The quantitative estimate of drug-likeness (QED) is 0.670. The van der Waals surface area contributed by atoms with E-state index in [-0.39, 0.29) is 10.7 Å². The first-order chi connectivity index (χ1) is 7.11. The third-order valence-corrected chi connectivity index (χ3v) is 4.23. The summed E-state index contributed by atoms with van der Waals surface area (Å²) in [7, 11) is 0. The van der Waals surface area contributed by atoms with Crippen molar-refractivity contribution in [2.24, 2.45) is 0 Å². The van der Waals surface area contributed by atoms with Crippen molar-refractivity contribution in [3.05, 3.63) is 34.9 Å². The molecule has 2 atom stereocenters. The molecule has 0 aliphatic heterocycles. The van der Waals surface area contributed by atoms with Crippen LogP contribution in [-0.2, 0) is 0 Å². The molecule has 82 valence electrons. The molecule has 1 aromatic rings. The second-order valence-electron chi connectivity index (χ2n) is 4.15. The lowest BCUT2D eigenvalue weighted by Crippen LogP contribution is -2.08. The van der Waals surface area contributed by atoms with Gasteiger partial charge in [0.2, 0.25) is 0 Å². The molecule has 2 unspecified atom stereocenters. The molecule has 15 heavy (non-hydrogen) atoms. The Morgan fingerprint density at radius 1 is 1.20 bits per heavy atom. The fraction of sp³-hybridized carbons (Fsp3) is 0.500. The summed E-state index contributed by atoms with van der Waals surface area (Å²) >= 11 is 3.53. The van der Waals surface area contributed by atoms with Crippen LogP contribution in [0.1, 0.15) is 36.3 Å². The van der Waals surface area contributed by atoms with Crippen LogP contribution in [0.15, 0.2) is 12.1 Å². The Bertz CT molecular complexity index is 376. The number of alkyl halides is 1. The van der Waals surface area contributed by atoms with Gasteiger partial charge < -0.3 is 0 Å². The highest BCUT2D eigenvalue weighted by atomic mass is 79.9. The van der Waals surface area contributed by atoms with Crippen molar-refractivity contribution in [1.29, 1.82) is 0 Å². The molecule has 0 saturated heterocycles. The molecule has 3 heteroatoms. The second kappa shape index (κ2) is 4.20. The normalized spacial score (nSPS) is 25.9. The largest absolute Gasteiger partial charge is 0.203 e. The van der Waals surface area contributed by atoms with Crippen LogP contribution in [0.5, 0.6) is 0 Å². The molecule has 0 nitrogen and oxygen atoms in total. The first kappa shape index (κ1) is 11.1. The van der Waals surface area contributed by atoms with Crippen molar-refractivity contribution < 1.29 is 8.78 Å². The van der Waals surface area contributed by atoms with Crippen molar-refractivity contribution in [2.45, 2.75) is 36.9 Å². The lowest BCUT2D eigenvalue weighted by Gasteiger charge is -2.16. The maximum atomic E-state index is 13.7. The zero-order chi connectivity index (χ0) is 11.0. The minimum atomic E-state index is -0.695. The highest BCUT2D eigenvalue weighted by Gasteiger charge is 2.29. The molecule has 0 amide bonds. The molecular formula is C12H13BrF2. The maximum absolute atomic E-state index is 13.7. The van der Waals surface area contributed by atoms with E-state index in [9.17, 15) is 8.78 Å². The van der Waals surface area contributed by atoms with Gasteiger partial charge in [0.1, 0.15) is 0 Å². The maximum Gasteiger partial charge on any atom is 0.162 e. The van der Waals surface area contributed by atoms with E-state index in [4.69, 9.17) is 0 Å². The summed E-state index contributed by atoms with van der Waals surface area (Å²) in [5, 5.41) is 0. The average Bonchev–Trinajstić information content (AvgIpc) is 2.62. The SMILES string of the molecule is Cc1ccc(C2CCCC2Br)c(F)c1F. The number of halogens is 3. The predicted molar refractivity (Wildman–Crippen MR) is 60.4 cm³/mol. The number of benzene rings is 1. The number of aryl methyl sites for hydroxylation is 1. The summed E-state index contributed by atoms with van der Waals surface area (Å²) < 4.78 is 27.1. The van der Waals surface area contributed by atoms with Gasteiger partial charge in [-0.15, -0.1) is 0 Å². The van der Waals surface area contributed by atoms with E-state index in [0.717, 1.165) is 19.3 Å². The van der Waals surface area contributed by atoms with E-state index in [1.165, 1.54) is 0 Å². The molecule has 0 radical (unpaired) electrons. The Kier molecular flexibility index (Phi) is 3.10. The van der Waals surface area contributed by atoms with Crippen molar-refractivity contribution in [2.75, 3.05) is 0 Å². The zero-order valence-corrected chi connectivity index (χ0v) is 10.2. The van der Waals surface area contributed by atoms with E-state index in [1.54, 1.807) is 19.1 Å². The fourth-order valence-corrected chi connectivity index (χ4v) is 3.09. The third kappa shape index (κ3) is 1.94. The van der Waals surface area contributed by atoms with Crippen LogP contribution in [0.25, 0.3) is 0 Å². The Morgan fingerprint density at radius 3 is 2.53 bits per heavy atom. The third-order valence-electron chi connectivity index (χ3n) is 3.14. The topological polar surface area (TPSA) is 0 Å². The minimum absolute atomic E-state index is 0.125. The van der Waals surface area contributed by atoms with Crippen molar-refractivity contribution in [3.8, 4) is 0 Å². The van der Waals surface area contributed by atoms with Gasteiger partial charge in [0.05, 0.1) is 0 Å². The molecule has 1 aliphatic carbocycles. The lowest BCUT2D eigenvalue weighted by molar-refractivity contribution is 0.484. The van der Waals surface area contributed by atoms with Crippen LogP contribution in [0, 0.1) is 18.6 Å². The molecule has 1 saturated carbocycles. The van der Waals surface area contributed by atoms with Gasteiger partial charge in [0.25, 0.3) is 0 Å². The smallest absolute Gasteiger partial charge is 0.162 e. The number of hydrogen-bond donors (Lipinski definition) is 0. The Morgan fingerprint density at radius 2 is 1.93 bits per heavy atom. The molecular weight excluding hydrogens is 262 g/mol. The van der Waals surface area contributed by atoms with Crippen LogP contribution in [0.4, 0.5) is 8.78 Å². The summed E-state index contributed by atoms with van der Waals surface area (Å²) in [6.45, 7) is 1.59. The number of hydrogen-bond acceptors (Lipinski definition) is 0. The molecule has 0 spiro atoms. The molecule has 2 rings (SSSR count). The predicted octanol–water partition coefficient (Wildman–Crippen LogP) is 4.30. The highest BCUT2D eigenvalue weighted by molar-refractivity contribution is 9.09. The fourth-order valence-electron chi connectivity index (χ4n) is 2.21. The zero-order valence-electron chi connectivity index (χ0n) is 8.56. The van der Waals surface area contributed by atoms with E-state index in [2.05, 4.69) is 15.9 Å². The molecule has 0 bridgehead atoms. The van der Waals surface area contributed by atoms with Gasteiger partial charge in [-0.25, -0.2) is 8.78 Å². The van der Waals surface area contributed by atoms with Crippen molar-refractivity contribution in [3.63, 3.8) is 0 Å². The number of rotatable bonds is 1. The minimum Gasteiger partial charge on any atom is -0.203 e. The van der Waals surface area contributed by atoms with Gasteiger partial charge in [-0.2, -0.15) is 0 Å². The second-order valence-corrected chi connectivity index (χ2v) is 5.33. The van der Waals surface area contributed by atoms with Gasteiger partial charge in [-0.3, -0.25) is 0 Å². The Labute approximate surface area is 96.8 Å². The highest BCUT2D eigenvalue weighted by Crippen LogP contribution is 2.40. The van der Waals surface area contributed by atoms with Crippen LogP contribution < -0.4 is 0 Å². The lowest BCUT2D eigenvalue weighted by atomic mass is 9.96. The van der Waals surface area contributed by atoms with Crippen LogP contribution in [0.3, 0.4) is 0 Å². The van der Waals surface area contributed by atoms with Gasteiger partial charge in [-0.1, -0.05) is 34.5 Å². The molecule has 1 fully saturated rings.